The van der Waals surface area contributed by atoms with Gasteiger partial charge in [0.2, 0.25) is 0 Å². The van der Waals surface area contributed by atoms with Crippen LogP contribution in [0.4, 0.5) is 11.4 Å². The summed E-state index contributed by atoms with van der Waals surface area (Å²) in [7, 11) is 0. The van der Waals surface area contributed by atoms with Gasteiger partial charge in [0.25, 0.3) is 0 Å². The average molecular weight is 269 g/mol. The Kier molecular flexibility index (Phi) is 4.03. The number of nitrogens with two attached hydrogens (primary N) is 1. The second-order valence-electron chi connectivity index (χ2n) is 5.47. The van der Waals surface area contributed by atoms with Gasteiger partial charge in [0.15, 0.2) is 0 Å². The van der Waals surface area contributed by atoms with Gasteiger partial charge in [0, 0.05) is 25.4 Å². The van der Waals surface area contributed by atoms with Crippen molar-refractivity contribution >= 4 is 23.0 Å². The number of hydrogen-bond acceptors (Lipinski definition) is 3. The number of rotatable bonds is 3. The number of anilines is 2. The summed E-state index contributed by atoms with van der Waals surface area (Å²) in [4.78, 5) is 0. The van der Waals surface area contributed by atoms with Gasteiger partial charge in [0.05, 0.1) is 10.7 Å². The molecule has 100 valence electrons. The van der Waals surface area contributed by atoms with Crippen LogP contribution in [0.3, 0.4) is 0 Å². The molecule has 0 unspecified atom stereocenters. The molecule has 2 rings (SSSR count). The Morgan fingerprint density at radius 2 is 2.06 bits per heavy atom. The smallest absolute Gasteiger partial charge is 0.0656 e. The molecule has 1 saturated heterocycles. The highest BCUT2D eigenvalue weighted by Crippen LogP contribution is 2.32. The van der Waals surface area contributed by atoms with Gasteiger partial charge in [-0.25, -0.2) is 0 Å². The average Bonchev–Trinajstić information content (AvgIpc) is 2.33. The summed E-state index contributed by atoms with van der Waals surface area (Å²) in [6.07, 6.45) is 2.20. The van der Waals surface area contributed by atoms with Crippen LogP contribution in [0.25, 0.3) is 0 Å². The van der Waals surface area contributed by atoms with Crippen LogP contribution in [0.2, 0.25) is 5.02 Å². The molecule has 18 heavy (non-hydrogen) atoms. The van der Waals surface area contributed by atoms with Crippen molar-refractivity contribution < 1.29 is 4.74 Å². The number of ether oxygens (including phenoxy) is 1. The zero-order chi connectivity index (χ0) is 13.2. The Balaban J connectivity index is 2.03. The van der Waals surface area contributed by atoms with E-state index in [1.54, 1.807) is 0 Å². The second-order valence-corrected chi connectivity index (χ2v) is 5.87. The predicted octanol–water partition coefficient (Wildman–Crippen LogP) is 3.46. The molecule has 0 atom stereocenters. The molecule has 0 bridgehead atoms. The Morgan fingerprint density at radius 3 is 2.72 bits per heavy atom. The maximum atomic E-state index is 6.06. The summed E-state index contributed by atoms with van der Waals surface area (Å²) < 4.78 is 5.41. The summed E-state index contributed by atoms with van der Waals surface area (Å²) in [6, 6.07) is 3.83. The molecule has 4 heteroatoms. The SMILES string of the molecule is Cc1cc(N)c(Cl)cc1NCC1(C)CCOCC1. The maximum Gasteiger partial charge on any atom is 0.0656 e. The third kappa shape index (κ3) is 3.09. The number of hydrogen-bond donors (Lipinski definition) is 2. The monoisotopic (exact) mass is 268 g/mol. The van der Waals surface area contributed by atoms with Crippen molar-refractivity contribution in [2.75, 3.05) is 30.8 Å². The van der Waals surface area contributed by atoms with Crippen molar-refractivity contribution in [3.05, 3.63) is 22.7 Å². The normalized spacial score (nSPS) is 18.6. The van der Waals surface area contributed by atoms with E-state index >= 15 is 0 Å². The van der Waals surface area contributed by atoms with Crippen LogP contribution >= 0.6 is 11.6 Å². The number of benzene rings is 1. The van der Waals surface area contributed by atoms with E-state index in [2.05, 4.69) is 12.2 Å². The molecular weight excluding hydrogens is 248 g/mol. The van der Waals surface area contributed by atoms with Crippen LogP contribution in [-0.2, 0) is 4.74 Å². The lowest BCUT2D eigenvalue weighted by Crippen LogP contribution is -2.33. The van der Waals surface area contributed by atoms with E-state index < -0.39 is 0 Å². The highest BCUT2D eigenvalue weighted by Gasteiger charge is 2.27. The van der Waals surface area contributed by atoms with Crippen molar-refractivity contribution in [3.63, 3.8) is 0 Å². The molecule has 0 aromatic heterocycles. The van der Waals surface area contributed by atoms with Crippen molar-refractivity contribution in [3.8, 4) is 0 Å². The fourth-order valence-corrected chi connectivity index (χ4v) is 2.41. The van der Waals surface area contributed by atoms with Crippen molar-refractivity contribution in [2.24, 2.45) is 5.41 Å². The Labute approximate surface area is 114 Å². The minimum atomic E-state index is 0.304. The largest absolute Gasteiger partial charge is 0.398 e. The first kappa shape index (κ1) is 13.5. The topological polar surface area (TPSA) is 47.3 Å². The molecule has 0 spiro atoms. The van der Waals surface area contributed by atoms with Gasteiger partial charge in [-0.3, -0.25) is 0 Å². The molecule has 3 nitrogen and oxygen atoms in total. The van der Waals surface area contributed by atoms with Crippen molar-refractivity contribution in [2.45, 2.75) is 26.7 Å². The van der Waals surface area contributed by atoms with Crippen LogP contribution in [0.5, 0.6) is 0 Å². The fourth-order valence-electron chi connectivity index (χ4n) is 2.24. The summed E-state index contributed by atoms with van der Waals surface area (Å²) in [6.45, 7) is 7.01. The first-order chi connectivity index (χ1) is 8.50. The van der Waals surface area contributed by atoms with Gasteiger partial charge in [-0.1, -0.05) is 18.5 Å². The summed E-state index contributed by atoms with van der Waals surface area (Å²) in [5, 5.41) is 4.11. The van der Waals surface area contributed by atoms with E-state index in [0.717, 1.165) is 43.9 Å². The molecule has 1 aromatic rings. The Hall–Kier alpha value is -0.930. The van der Waals surface area contributed by atoms with E-state index in [4.69, 9.17) is 22.1 Å². The molecule has 0 saturated carbocycles. The molecule has 1 aliphatic rings. The predicted molar refractivity (Wildman–Crippen MR) is 77.3 cm³/mol. The lowest BCUT2D eigenvalue weighted by Gasteiger charge is -2.34. The summed E-state index contributed by atoms with van der Waals surface area (Å²) in [5.74, 6) is 0. The number of halogens is 1. The van der Waals surface area contributed by atoms with E-state index in [-0.39, 0.29) is 0 Å². The fraction of sp³-hybridized carbons (Fsp3) is 0.571. The zero-order valence-electron chi connectivity index (χ0n) is 11.1. The molecule has 0 radical (unpaired) electrons. The molecule has 1 heterocycles. The molecule has 1 aromatic carbocycles. The quantitative estimate of drug-likeness (QED) is 0.826. The number of nitrogens with one attached hydrogen (secondary N) is 1. The van der Waals surface area contributed by atoms with Crippen LogP contribution < -0.4 is 11.1 Å². The lowest BCUT2D eigenvalue weighted by atomic mass is 9.82. The number of nitrogen functional groups attached to an aromatic ring is 1. The van der Waals surface area contributed by atoms with Crippen molar-refractivity contribution in [1.29, 1.82) is 0 Å². The highest BCUT2D eigenvalue weighted by atomic mass is 35.5. The molecule has 0 aliphatic carbocycles. The van der Waals surface area contributed by atoms with E-state index in [1.165, 1.54) is 0 Å². The van der Waals surface area contributed by atoms with Gasteiger partial charge >= 0.3 is 0 Å². The zero-order valence-corrected chi connectivity index (χ0v) is 11.8. The third-order valence-corrected chi connectivity index (χ3v) is 4.08. The first-order valence-corrected chi connectivity index (χ1v) is 6.75. The van der Waals surface area contributed by atoms with Gasteiger partial charge in [0.1, 0.15) is 0 Å². The molecule has 1 aliphatic heterocycles. The van der Waals surface area contributed by atoms with Crippen molar-refractivity contribution in [1.82, 2.24) is 0 Å². The second kappa shape index (κ2) is 5.37. The first-order valence-electron chi connectivity index (χ1n) is 6.37. The van der Waals surface area contributed by atoms with E-state index in [9.17, 15) is 0 Å². The van der Waals surface area contributed by atoms with Gasteiger partial charge in [-0.2, -0.15) is 0 Å². The van der Waals surface area contributed by atoms with E-state index in [0.29, 0.717) is 16.1 Å². The minimum absolute atomic E-state index is 0.304. The standard InChI is InChI=1S/C14H21ClN2O/c1-10-7-12(16)11(15)8-13(10)17-9-14(2)3-5-18-6-4-14/h7-8,17H,3-6,9,16H2,1-2H3. The van der Waals surface area contributed by atoms with Crippen LogP contribution in [-0.4, -0.2) is 19.8 Å². The Bertz CT molecular complexity index is 428. The highest BCUT2D eigenvalue weighted by molar-refractivity contribution is 6.33. The van der Waals surface area contributed by atoms with Crippen LogP contribution in [0, 0.1) is 12.3 Å². The number of aryl methyl sites for hydroxylation is 1. The third-order valence-electron chi connectivity index (χ3n) is 3.75. The molecule has 0 amide bonds. The summed E-state index contributed by atoms with van der Waals surface area (Å²) >= 11 is 6.06. The minimum Gasteiger partial charge on any atom is -0.398 e. The Morgan fingerprint density at radius 1 is 1.39 bits per heavy atom. The summed E-state index contributed by atoms with van der Waals surface area (Å²) in [5.41, 5.74) is 8.92. The van der Waals surface area contributed by atoms with Gasteiger partial charge in [-0.05, 0) is 42.9 Å². The van der Waals surface area contributed by atoms with E-state index in [1.807, 2.05) is 19.1 Å². The molecule has 3 N–H and O–H groups in total. The van der Waals surface area contributed by atoms with Gasteiger partial charge < -0.3 is 15.8 Å². The molecule has 1 fully saturated rings. The maximum absolute atomic E-state index is 6.06. The lowest BCUT2D eigenvalue weighted by molar-refractivity contribution is 0.0300. The van der Waals surface area contributed by atoms with Crippen LogP contribution in [0.1, 0.15) is 25.3 Å². The molecular formula is C14H21ClN2O. The van der Waals surface area contributed by atoms with Gasteiger partial charge in [-0.15, -0.1) is 0 Å². The van der Waals surface area contributed by atoms with Crippen LogP contribution in [0.15, 0.2) is 12.1 Å².